The summed E-state index contributed by atoms with van der Waals surface area (Å²) in [5, 5.41) is 11.8. The lowest BCUT2D eigenvalue weighted by molar-refractivity contribution is 0.192. The quantitative estimate of drug-likeness (QED) is 0.452. The van der Waals surface area contributed by atoms with Crippen molar-refractivity contribution in [2.75, 3.05) is 7.11 Å². The van der Waals surface area contributed by atoms with Gasteiger partial charge in [-0.3, -0.25) is 0 Å². The van der Waals surface area contributed by atoms with E-state index in [4.69, 9.17) is 18.9 Å². The number of hydrogen-bond donors (Lipinski definition) is 1. The van der Waals surface area contributed by atoms with Crippen LogP contribution >= 0.6 is 11.3 Å². The molecule has 3 aromatic rings. The molecule has 1 aromatic heterocycles. The largest absolute Gasteiger partial charge is 0.493 e. The first-order valence-electron chi connectivity index (χ1n) is 10.5. The normalized spacial score (nSPS) is 12.6. The van der Waals surface area contributed by atoms with E-state index < -0.39 is 6.10 Å². The molecule has 1 atom stereocenters. The number of hydrogen-bond acceptors (Lipinski definition) is 7. The Morgan fingerprint density at radius 2 is 1.45 bits per heavy atom. The lowest BCUT2D eigenvalue weighted by atomic mass is 10.1. The van der Waals surface area contributed by atoms with Crippen molar-refractivity contribution >= 4 is 21.6 Å². The van der Waals surface area contributed by atoms with Crippen LogP contribution in [0.3, 0.4) is 0 Å². The van der Waals surface area contributed by atoms with Gasteiger partial charge in [0.2, 0.25) is 0 Å². The SMILES string of the molecule is COc1cc(OC(C)C)c(C(O)c2nc3cc(OC(C)C)ccc3s2)cc1OC(C)C. The van der Waals surface area contributed by atoms with Crippen molar-refractivity contribution in [2.45, 2.75) is 66.0 Å². The van der Waals surface area contributed by atoms with Crippen molar-refractivity contribution in [1.29, 1.82) is 0 Å². The lowest BCUT2D eigenvalue weighted by Gasteiger charge is -2.21. The summed E-state index contributed by atoms with van der Waals surface area (Å²) in [6, 6.07) is 9.33. The molecular formula is C24H31NO5S. The summed E-state index contributed by atoms with van der Waals surface area (Å²) in [5.74, 6) is 2.41. The number of rotatable bonds is 9. The van der Waals surface area contributed by atoms with Crippen LogP contribution in [0, 0.1) is 0 Å². The van der Waals surface area contributed by atoms with Gasteiger partial charge >= 0.3 is 0 Å². The summed E-state index contributed by atoms with van der Waals surface area (Å²) in [6.45, 7) is 11.7. The molecule has 0 saturated heterocycles. The van der Waals surface area contributed by atoms with Gasteiger partial charge < -0.3 is 24.1 Å². The number of fused-ring (bicyclic) bond motifs is 1. The molecule has 1 unspecified atom stereocenters. The summed E-state index contributed by atoms with van der Waals surface area (Å²) in [5.41, 5.74) is 1.37. The third kappa shape index (κ3) is 5.60. The summed E-state index contributed by atoms with van der Waals surface area (Å²) >= 11 is 1.44. The van der Waals surface area contributed by atoms with Crippen molar-refractivity contribution in [3.63, 3.8) is 0 Å². The number of ether oxygens (including phenoxy) is 4. The summed E-state index contributed by atoms with van der Waals surface area (Å²) in [4.78, 5) is 4.67. The van der Waals surface area contributed by atoms with Crippen LogP contribution in [0.25, 0.3) is 10.2 Å². The number of benzene rings is 2. The molecule has 0 amide bonds. The topological polar surface area (TPSA) is 70.0 Å². The molecule has 0 aliphatic heterocycles. The van der Waals surface area contributed by atoms with Gasteiger partial charge in [0.15, 0.2) is 11.5 Å². The first-order chi connectivity index (χ1) is 14.7. The van der Waals surface area contributed by atoms with Gasteiger partial charge in [0.05, 0.1) is 35.6 Å². The fraction of sp³-hybridized carbons (Fsp3) is 0.458. The third-order valence-electron chi connectivity index (χ3n) is 4.30. The van der Waals surface area contributed by atoms with Gasteiger partial charge in [-0.15, -0.1) is 11.3 Å². The van der Waals surface area contributed by atoms with Gasteiger partial charge in [0.25, 0.3) is 0 Å². The maximum Gasteiger partial charge on any atom is 0.164 e. The minimum Gasteiger partial charge on any atom is -0.493 e. The molecule has 2 aromatic carbocycles. The Morgan fingerprint density at radius 3 is 2.06 bits per heavy atom. The van der Waals surface area contributed by atoms with Crippen molar-refractivity contribution in [2.24, 2.45) is 0 Å². The van der Waals surface area contributed by atoms with E-state index in [1.165, 1.54) is 11.3 Å². The van der Waals surface area contributed by atoms with Gasteiger partial charge in [-0.05, 0) is 59.7 Å². The summed E-state index contributed by atoms with van der Waals surface area (Å²) in [7, 11) is 1.59. The second kappa shape index (κ2) is 9.75. The standard InChI is InChI=1S/C24H31NO5S/c1-13(2)28-16-8-9-22-18(10-16)25-24(31-22)23(26)17-11-21(30-15(5)6)20(27-7)12-19(17)29-14(3)4/h8-15,23,26H,1-7H3. The van der Waals surface area contributed by atoms with E-state index in [0.717, 1.165) is 16.0 Å². The fourth-order valence-electron chi connectivity index (χ4n) is 3.15. The highest BCUT2D eigenvalue weighted by Crippen LogP contribution is 2.42. The van der Waals surface area contributed by atoms with Crippen LogP contribution in [0.15, 0.2) is 30.3 Å². The number of aromatic nitrogens is 1. The second-order valence-corrected chi connectivity index (χ2v) is 9.19. The van der Waals surface area contributed by atoms with Crippen LogP contribution in [0.2, 0.25) is 0 Å². The number of thiazole rings is 1. The van der Waals surface area contributed by atoms with E-state index >= 15 is 0 Å². The minimum atomic E-state index is -0.971. The van der Waals surface area contributed by atoms with Crippen LogP contribution in [0.1, 0.15) is 58.2 Å². The maximum atomic E-state index is 11.3. The Labute approximate surface area is 187 Å². The van der Waals surface area contributed by atoms with E-state index in [9.17, 15) is 5.11 Å². The number of aliphatic hydroxyl groups is 1. The second-order valence-electron chi connectivity index (χ2n) is 8.12. The van der Waals surface area contributed by atoms with Gasteiger partial charge in [-0.1, -0.05) is 0 Å². The summed E-state index contributed by atoms with van der Waals surface area (Å²) < 4.78 is 24.1. The maximum absolute atomic E-state index is 11.3. The highest BCUT2D eigenvalue weighted by molar-refractivity contribution is 7.18. The van der Waals surface area contributed by atoms with Crippen molar-refractivity contribution in [3.05, 3.63) is 40.9 Å². The molecule has 0 radical (unpaired) electrons. The zero-order valence-electron chi connectivity index (χ0n) is 19.1. The zero-order chi connectivity index (χ0) is 22.7. The average molecular weight is 446 g/mol. The first kappa shape index (κ1) is 23.2. The van der Waals surface area contributed by atoms with Crippen molar-refractivity contribution in [1.82, 2.24) is 4.98 Å². The molecule has 1 N–H and O–H groups in total. The highest BCUT2D eigenvalue weighted by Gasteiger charge is 2.24. The molecule has 0 aliphatic rings. The predicted octanol–water partition coefficient (Wildman–Crippen LogP) is 5.75. The van der Waals surface area contributed by atoms with Gasteiger partial charge in [-0.25, -0.2) is 4.98 Å². The number of methoxy groups -OCH3 is 1. The molecule has 0 saturated carbocycles. The first-order valence-corrected chi connectivity index (χ1v) is 11.3. The van der Waals surface area contributed by atoms with Gasteiger partial charge in [-0.2, -0.15) is 0 Å². The number of nitrogens with zero attached hydrogens (tertiary/aromatic N) is 1. The van der Waals surface area contributed by atoms with Gasteiger partial charge in [0, 0.05) is 17.7 Å². The number of aliphatic hydroxyl groups excluding tert-OH is 1. The predicted molar refractivity (Wildman–Crippen MR) is 124 cm³/mol. The van der Waals surface area contributed by atoms with E-state index in [2.05, 4.69) is 4.98 Å². The molecule has 0 fully saturated rings. The Morgan fingerprint density at radius 1 is 0.806 bits per heavy atom. The zero-order valence-corrected chi connectivity index (χ0v) is 19.9. The minimum absolute atomic E-state index is 0.0439. The van der Waals surface area contributed by atoms with Crippen molar-refractivity contribution < 1.29 is 24.1 Å². The van der Waals surface area contributed by atoms with Crippen LogP contribution in [0.5, 0.6) is 23.0 Å². The molecule has 6 nitrogen and oxygen atoms in total. The Kier molecular flexibility index (Phi) is 7.28. The van der Waals surface area contributed by atoms with E-state index in [1.807, 2.05) is 59.7 Å². The Hall–Kier alpha value is -2.51. The average Bonchev–Trinajstić information content (AvgIpc) is 3.10. The van der Waals surface area contributed by atoms with Crippen LogP contribution in [0.4, 0.5) is 0 Å². The van der Waals surface area contributed by atoms with E-state index in [-0.39, 0.29) is 18.3 Å². The van der Waals surface area contributed by atoms with Crippen LogP contribution < -0.4 is 18.9 Å². The van der Waals surface area contributed by atoms with Crippen LogP contribution in [-0.4, -0.2) is 35.5 Å². The molecule has 0 bridgehead atoms. The molecule has 0 aliphatic carbocycles. The molecular weight excluding hydrogens is 414 g/mol. The Bertz CT molecular complexity index is 1030. The Balaban J connectivity index is 2.04. The molecule has 7 heteroatoms. The smallest absolute Gasteiger partial charge is 0.164 e. The highest BCUT2D eigenvalue weighted by atomic mass is 32.1. The lowest BCUT2D eigenvalue weighted by Crippen LogP contribution is -2.12. The summed E-state index contributed by atoms with van der Waals surface area (Å²) in [6.07, 6.45) is -1.01. The van der Waals surface area contributed by atoms with Crippen molar-refractivity contribution in [3.8, 4) is 23.0 Å². The van der Waals surface area contributed by atoms with Crippen LogP contribution in [-0.2, 0) is 0 Å². The van der Waals surface area contributed by atoms with Gasteiger partial charge in [0.1, 0.15) is 22.6 Å². The molecule has 3 rings (SSSR count). The van der Waals surface area contributed by atoms with E-state index in [0.29, 0.717) is 27.8 Å². The third-order valence-corrected chi connectivity index (χ3v) is 5.39. The fourth-order valence-corrected chi connectivity index (χ4v) is 4.11. The van der Waals surface area contributed by atoms with E-state index in [1.54, 1.807) is 19.2 Å². The monoisotopic (exact) mass is 445 g/mol. The molecule has 31 heavy (non-hydrogen) atoms. The molecule has 168 valence electrons. The molecule has 1 heterocycles. The molecule has 0 spiro atoms.